The predicted molar refractivity (Wildman–Crippen MR) is 93.6 cm³/mol. The molecule has 24 heavy (non-hydrogen) atoms. The summed E-state index contributed by atoms with van der Waals surface area (Å²) in [6.45, 7) is 5.47. The highest BCUT2D eigenvalue weighted by molar-refractivity contribution is 5.92. The van der Waals surface area contributed by atoms with Crippen LogP contribution in [0.4, 0.5) is 5.69 Å². The van der Waals surface area contributed by atoms with Crippen molar-refractivity contribution >= 4 is 11.6 Å². The minimum Gasteiger partial charge on any atom is -0.439 e. The number of ether oxygens (including phenoxy) is 2. The van der Waals surface area contributed by atoms with Crippen molar-refractivity contribution < 1.29 is 14.3 Å². The van der Waals surface area contributed by atoms with E-state index >= 15 is 0 Å². The van der Waals surface area contributed by atoms with Gasteiger partial charge in [0.25, 0.3) is 0 Å². The maximum Gasteiger partial charge on any atom is 0.238 e. The molecular formula is C18H23N3O3. The number of hydrogen-bond donors (Lipinski definition) is 2. The number of amides is 1. The lowest BCUT2D eigenvalue weighted by atomic mass is 10.1. The van der Waals surface area contributed by atoms with Crippen LogP contribution in [0, 0.1) is 13.8 Å². The van der Waals surface area contributed by atoms with Gasteiger partial charge in [0, 0.05) is 19.7 Å². The highest BCUT2D eigenvalue weighted by Gasteiger charge is 2.06. The van der Waals surface area contributed by atoms with Gasteiger partial charge in [-0.3, -0.25) is 4.79 Å². The lowest BCUT2D eigenvalue weighted by Gasteiger charge is -2.10. The topological polar surface area (TPSA) is 72.5 Å². The molecule has 0 saturated carbocycles. The molecule has 0 radical (unpaired) electrons. The van der Waals surface area contributed by atoms with Gasteiger partial charge in [-0.15, -0.1) is 0 Å². The van der Waals surface area contributed by atoms with Crippen molar-refractivity contribution in [3.63, 3.8) is 0 Å². The zero-order valence-corrected chi connectivity index (χ0v) is 14.3. The first-order valence-electron chi connectivity index (χ1n) is 7.80. The normalized spacial score (nSPS) is 10.5. The molecule has 6 heteroatoms. The summed E-state index contributed by atoms with van der Waals surface area (Å²) in [5.74, 6) is 1.14. The molecular weight excluding hydrogens is 306 g/mol. The molecule has 6 nitrogen and oxygen atoms in total. The van der Waals surface area contributed by atoms with Crippen molar-refractivity contribution in [1.82, 2.24) is 10.3 Å². The van der Waals surface area contributed by atoms with Gasteiger partial charge in [0.1, 0.15) is 5.75 Å². The minimum atomic E-state index is -0.129. The SMILES string of the molecule is COCCNCC(=O)Nc1ccc(Oc2cccc(C)c2C)nc1. The van der Waals surface area contributed by atoms with Crippen LogP contribution in [0.2, 0.25) is 0 Å². The molecule has 0 aliphatic heterocycles. The number of carbonyl (C=O) groups is 1. The van der Waals surface area contributed by atoms with Crippen LogP contribution in [-0.4, -0.2) is 37.7 Å². The number of rotatable bonds is 8. The number of methoxy groups -OCH3 is 1. The summed E-state index contributed by atoms with van der Waals surface area (Å²) in [7, 11) is 1.62. The van der Waals surface area contributed by atoms with E-state index < -0.39 is 0 Å². The summed E-state index contributed by atoms with van der Waals surface area (Å²) >= 11 is 0. The lowest BCUT2D eigenvalue weighted by molar-refractivity contribution is -0.115. The van der Waals surface area contributed by atoms with Gasteiger partial charge in [-0.1, -0.05) is 12.1 Å². The summed E-state index contributed by atoms with van der Waals surface area (Å²) in [6.07, 6.45) is 1.58. The van der Waals surface area contributed by atoms with Gasteiger partial charge in [-0.05, 0) is 37.1 Å². The van der Waals surface area contributed by atoms with Gasteiger partial charge < -0.3 is 20.1 Å². The molecule has 0 unspecified atom stereocenters. The van der Waals surface area contributed by atoms with E-state index in [2.05, 4.69) is 15.6 Å². The van der Waals surface area contributed by atoms with Gasteiger partial charge in [-0.2, -0.15) is 0 Å². The Morgan fingerprint density at radius 1 is 1.21 bits per heavy atom. The number of carbonyl (C=O) groups excluding carboxylic acids is 1. The first-order chi connectivity index (χ1) is 11.6. The average Bonchev–Trinajstić information content (AvgIpc) is 2.58. The van der Waals surface area contributed by atoms with E-state index in [1.165, 1.54) is 0 Å². The molecule has 2 N–H and O–H groups in total. The van der Waals surface area contributed by atoms with Gasteiger partial charge in [0.15, 0.2) is 0 Å². The van der Waals surface area contributed by atoms with E-state index in [4.69, 9.17) is 9.47 Å². The van der Waals surface area contributed by atoms with Crippen LogP contribution in [0.5, 0.6) is 11.6 Å². The summed E-state index contributed by atoms with van der Waals surface area (Å²) in [6, 6.07) is 9.39. The Kier molecular flexibility index (Phi) is 6.72. The Labute approximate surface area is 142 Å². The van der Waals surface area contributed by atoms with Crippen LogP contribution in [-0.2, 0) is 9.53 Å². The molecule has 0 aliphatic carbocycles. The van der Waals surface area contributed by atoms with Gasteiger partial charge in [0.2, 0.25) is 11.8 Å². The third-order valence-electron chi connectivity index (χ3n) is 3.56. The van der Waals surface area contributed by atoms with E-state index in [0.717, 1.165) is 16.9 Å². The Morgan fingerprint density at radius 2 is 2.04 bits per heavy atom. The third kappa shape index (κ3) is 5.33. The smallest absolute Gasteiger partial charge is 0.238 e. The molecule has 1 amide bonds. The summed E-state index contributed by atoms with van der Waals surface area (Å²) in [5.41, 5.74) is 2.87. The van der Waals surface area contributed by atoms with E-state index in [1.54, 1.807) is 25.4 Å². The van der Waals surface area contributed by atoms with Crippen molar-refractivity contribution in [3.05, 3.63) is 47.7 Å². The standard InChI is InChI=1S/C18H23N3O3/c1-13-5-4-6-16(14(13)2)24-18-8-7-15(11-20-18)21-17(22)12-19-9-10-23-3/h4-8,11,19H,9-10,12H2,1-3H3,(H,21,22). The fourth-order valence-electron chi connectivity index (χ4n) is 2.04. The van der Waals surface area contributed by atoms with Gasteiger partial charge in [0.05, 0.1) is 25.0 Å². The van der Waals surface area contributed by atoms with Crippen LogP contribution >= 0.6 is 0 Å². The first-order valence-corrected chi connectivity index (χ1v) is 7.80. The molecule has 1 heterocycles. The fourth-order valence-corrected chi connectivity index (χ4v) is 2.04. The van der Waals surface area contributed by atoms with Crippen LogP contribution in [0.3, 0.4) is 0 Å². The molecule has 1 aromatic carbocycles. The Hall–Kier alpha value is -2.44. The molecule has 0 aliphatic rings. The second kappa shape index (κ2) is 9.00. The molecule has 2 rings (SSSR count). The first kappa shape index (κ1) is 17.9. The van der Waals surface area contributed by atoms with Gasteiger partial charge >= 0.3 is 0 Å². The third-order valence-corrected chi connectivity index (χ3v) is 3.56. The highest BCUT2D eigenvalue weighted by Crippen LogP contribution is 2.25. The van der Waals surface area contributed by atoms with Crippen molar-refractivity contribution in [2.75, 3.05) is 32.1 Å². The Balaban J connectivity index is 1.88. The van der Waals surface area contributed by atoms with Crippen LogP contribution in [0.15, 0.2) is 36.5 Å². The van der Waals surface area contributed by atoms with E-state index in [0.29, 0.717) is 24.7 Å². The van der Waals surface area contributed by atoms with E-state index in [9.17, 15) is 4.79 Å². The minimum absolute atomic E-state index is 0.129. The molecule has 0 fully saturated rings. The average molecular weight is 329 g/mol. The number of anilines is 1. The fraction of sp³-hybridized carbons (Fsp3) is 0.333. The Morgan fingerprint density at radius 3 is 2.75 bits per heavy atom. The number of aromatic nitrogens is 1. The maximum absolute atomic E-state index is 11.8. The van der Waals surface area contributed by atoms with Crippen LogP contribution < -0.4 is 15.4 Å². The maximum atomic E-state index is 11.8. The molecule has 1 aromatic heterocycles. The van der Waals surface area contributed by atoms with Crippen LogP contribution in [0.25, 0.3) is 0 Å². The number of aryl methyl sites for hydroxylation is 1. The van der Waals surface area contributed by atoms with Crippen LogP contribution in [0.1, 0.15) is 11.1 Å². The van der Waals surface area contributed by atoms with Crippen molar-refractivity contribution in [3.8, 4) is 11.6 Å². The number of pyridine rings is 1. The zero-order valence-electron chi connectivity index (χ0n) is 14.3. The molecule has 0 saturated heterocycles. The van der Waals surface area contributed by atoms with Gasteiger partial charge in [-0.25, -0.2) is 4.98 Å². The zero-order chi connectivity index (χ0) is 17.4. The monoisotopic (exact) mass is 329 g/mol. The Bertz CT molecular complexity index is 672. The molecule has 2 aromatic rings. The summed E-state index contributed by atoms with van der Waals surface area (Å²) in [5, 5.41) is 5.75. The highest BCUT2D eigenvalue weighted by atomic mass is 16.5. The van der Waals surface area contributed by atoms with E-state index in [-0.39, 0.29) is 12.5 Å². The largest absolute Gasteiger partial charge is 0.439 e. The van der Waals surface area contributed by atoms with Crippen molar-refractivity contribution in [2.24, 2.45) is 0 Å². The van der Waals surface area contributed by atoms with Crippen molar-refractivity contribution in [1.29, 1.82) is 0 Å². The van der Waals surface area contributed by atoms with E-state index in [1.807, 2.05) is 32.0 Å². The number of benzene rings is 1. The number of nitrogens with one attached hydrogen (secondary N) is 2. The summed E-state index contributed by atoms with van der Waals surface area (Å²) < 4.78 is 10.7. The molecule has 0 atom stereocenters. The molecule has 128 valence electrons. The molecule has 0 spiro atoms. The van der Waals surface area contributed by atoms with Crippen molar-refractivity contribution in [2.45, 2.75) is 13.8 Å². The quantitative estimate of drug-likeness (QED) is 0.729. The number of hydrogen-bond acceptors (Lipinski definition) is 5. The lowest BCUT2D eigenvalue weighted by Crippen LogP contribution is -2.30. The molecule has 0 bridgehead atoms. The number of nitrogens with zero attached hydrogens (tertiary/aromatic N) is 1. The second-order valence-electron chi connectivity index (χ2n) is 5.40. The predicted octanol–water partition coefficient (Wildman–Crippen LogP) is 2.67. The second-order valence-corrected chi connectivity index (χ2v) is 5.40. The summed E-state index contributed by atoms with van der Waals surface area (Å²) in [4.78, 5) is 16.0.